The van der Waals surface area contributed by atoms with Gasteiger partial charge in [0.1, 0.15) is 0 Å². The summed E-state index contributed by atoms with van der Waals surface area (Å²) in [5.74, 6) is 0. The highest BCUT2D eigenvalue weighted by Crippen LogP contribution is 2.36. The Kier molecular flexibility index (Phi) is 3.50. The number of nitrogens with zero attached hydrogens (tertiary/aromatic N) is 3. The van der Waals surface area contributed by atoms with Gasteiger partial charge in [-0.05, 0) is 41.1 Å². The minimum Gasteiger partial charge on any atom is -0.226 e. The van der Waals surface area contributed by atoms with Crippen LogP contribution < -0.4 is 0 Å². The first kappa shape index (κ1) is 14.8. The van der Waals surface area contributed by atoms with Crippen LogP contribution in [0.3, 0.4) is 0 Å². The molecular formula is C12H6BrClF3N3S. The molecule has 21 heavy (non-hydrogen) atoms. The quantitative estimate of drug-likeness (QED) is 0.566. The van der Waals surface area contributed by atoms with Crippen LogP contribution in [0.25, 0.3) is 16.2 Å². The molecule has 0 aromatic carbocycles. The molecule has 3 nitrogen and oxygen atoms in total. The molecule has 3 aromatic rings. The topological polar surface area (TPSA) is 30.2 Å². The first-order valence-electron chi connectivity index (χ1n) is 5.66. The predicted molar refractivity (Wildman–Crippen MR) is 78.7 cm³/mol. The van der Waals surface area contributed by atoms with Gasteiger partial charge in [-0.25, -0.2) is 9.50 Å². The molecule has 3 aromatic heterocycles. The molecule has 0 N–H and O–H groups in total. The van der Waals surface area contributed by atoms with Crippen LogP contribution in [0.2, 0.25) is 4.34 Å². The fraction of sp³-hybridized carbons (Fsp3) is 0.167. The third kappa shape index (κ3) is 2.56. The van der Waals surface area contributed by atoms with E-state index in [0.29, 0.717) is 19.4 Å². The van der Waals surface area contributed by atoms with Crippen LogP contribution in [0.1, 0.15) is 11.4 Å². The molecule has 0 aliphatic carbocycles. The molecule has 0 spiro atoms. The van der Waals surface area contributed by atoms with Crippen molar-refractivity contribution in [2.24, 2.45) is 0 Å². The van der Waals surface area contributed by atoms with Gasteiger partial charge in [0.15, 0.2) is 11.3 Å². The number of hydrogen-bond acceptors (Lipinski definition) is 3. The Morgan fingerprint density at radius 3 is 2.62 bits per heavy atom. The molecule has 0 amide bonds. The van der Waals surface area contributed by atoms with Gasteiger partial charge in [-0.3, -0.25) is 0 Å². The van der Waals surface area contributed by atoms with Crippen LogP contribution in [-0.4, -0.2) is 14.6 Å². The Morgan fingerprint density at radius 2 is 2.05 bits per heavy atom. The van der Waals surface area contributed by atoms with Crippen molar-refractivity contribution in [3.05, 3.63) is 38.4 Å². The fourth-order valence-corrected chi connectivity index (χ4v) is 3.22. The number of aromatic nitrogens is 3. The minimum atomic E-state index is -4.53. The minimum absolute atomic E-state index is 0.127. The van der Waals surface area contributed by atoms with E-state index in [2.05, 4.69) is 26.0 Å². The van der Waals surface area contributed by atoms with Gasteiger partial charge in [0.05, 0.1) is 25.1 Å². The molecule has 0 aliphatic heterocycles. The van der Waals surface area contributed by atoms with Crippen molar-refractivity contribution in [2.75, 3.05) is 0 Å². The van der Waals surface area contributed by atoms with E-state index in [1.807, 2.05) is 0 Å². The lowest BCUT2D eigenvalue weighted by Gasteiger charge is -2.10. The number of thiophene rings is 1. The summed E-state index contributed by atoms with van der Waals surface area (Å²) in [5, 5.41) is 3.88. The van der Waals surface area contributed by atoms with Crippen molar-refractivity contribution in [1.29, 1.82) is 0 Å². The maximum Gasteiger partial charge on any atom is 0.433 e. The van der Waals surface area contributed by atoms with Crippen molar-refractivity contribution in [3.63, 3.8) is 0 Å². The Morgan fingerprint density at radius 1 is 1.33 bits per heavy atom. The van der Waals surface area contributed by atoms with Crippen molar-refractivity contribution in [3.8, 4) is 10.6 Å². The van der Waals surface area contributed by atoms with Gasteiger partial charge in [-0.2, -0.15) is 18.3 Å². The molecule has 0 fully saturated rings. The molecular weight excluding hydrogens is 391 g/mol. The lowest BCUT2D eigenvalue weighted by Crippen LogP contribution is -2.13. The van der Waals surface area contributed by atoms with Gasteiger partial charge >= 0.3 is 6.18 Å². The molecule has 0 aliphatic rings. The van der Waals surface area contributed by atoms with Crippen LogP contribution >= 0.6 is 38.9 Å². The largest absolute Gasteiger partial charge is 0.433 e. The SMILES string of the molecule is Cc1nn2c(C(F)(F)F)cc(-c3ccc(Cl)s3)nc2c1Br. The monoisotopic (exact) mass is 395 g/mol. The maximum atomic E-state index is 13.2. The smallest absolute Gasteiger partial charge is 0.226 e. The zero-order valence-corrected chi connectivity index (χ0v) is 13.5. The zero-order chi connectivity index (χ0) is 15.4. The summed E-state index contributed by atoms with van der Waals surface area (Å²) in [7, 11) is 0. The van der Waals surface area contributed by atoms with E-state index in [0.717, 1.165) is 10.6 Å². The molecule has 3 rings (SSSR count). The molecule has 0 unspecified atom stereocenters. The van der Waals surface area contributed by atoms with Gasteiger partial charge < -0.3 is 0 Å². The number of fused-ring (bicyclic) bond motifs is 1. The van der Waals surface area contributed by atoms with Crippen molar-refractivity contribution in [1.82, 2.24) is 14.6 Å². The summed E-state index contributed by atoms with van der Waals surface area (Å²) < 4.78 is 41.4. The van der Waals surface area contributed by atoms with E-state index < -0.39 is 11.9 Å². The Bertz CT molecular complexity index is 840. The van der Waals surface area contributed by atoms with E-state index in [4.69, 9.17) is 11.6 Å². The highest BCUT2D eigenvalue weighted by Gasteiger charge is 2.36. The third-order valence-electron chi connectivity index (χ3n) is 2.81. The summed E-state index contributed by atoms with van der Waals surface area (Å²) >= 11 is 10.2. The van der Waals surface area contributed by atoms with Gasteiger partial charge in [0.2, 0.25) is 0 Å². The van der Waals surface area contributed by atoms with Crippen LogP contribution in [0.15, 0.2) is 22.7 Å². The molecule has 0 radical (unpaired) electrons. The standard InChI is InChI=1S/C12H6BrClF3N3S/c1-5-10(13)11-18-6(7-2-3-9(14)21-7)4-8(12(15,16)17)20(11)19-5/h2-4H,1H3. The van der Waals surface area contributed by atoms with E-state index in [-0.39, 0.29) is 11.3 Å². The molecule has 110 valence electrons. The first-order chi connectivity index (χ1) is 9.77. The van der Waals surface area contributed by atoms with E-state index in [1.165, 1.54) is 11.3 Å². The first-order valence-corrected chi connectivity index (χ1v) is 7.65. The number of alkyl halides is 3. The average Bonchev–Trinajstić information content (AvgIpc) is 2.93. The zero-order valence-electron chi connectivity index (χ0n) is 10.4. The van der Waals surface area contributed by atoms with Gasteiger partial charge in [-0.1, -0.05) is 11.6 Å². The molecule has 0 bridgehead atoms. The molecule has 0 atom stereocenters. The number of rotatable bonds is 1. The molecule has 0 saturated heterocycles. The second-order valence-electron chi connectivity index (χ2n) is 4.26. The summed E-state index contributed by atoms with van der Waals surface area (Å²) in [5.41, 5.74) is -0.0932. The summed E-state index contributed by atoms with van der Waals surface area (Å²) in [6.07, 6.45) is -4.53. The predicted octanol–water partition coefficient (Wildman–Crippen LogP) is 5.20. The lowest BCUT2D eigenvalue weighted by molar-refractivity contribution is -0.142. The highest BCUT2D eigenvalue weighted by atomic mass is 79.9. The van der Waals surface area contributed by atoms with Gasteiger partial charge in [0.25, 0.3) is 0 Å². The summed E-state index contributed by atoms with van der Waals surface area (Å²) in [6, 6.07) is 4.24. The van der Waals surface area contributed by atoms with Crippen molar-refractivity contribution >= 4 is 44.5 Å². The van der Waals surface area contributed by atoms with Gasteiger partial charge in [-0.15, -0.1) is 11.3 Å². The molecule has 3 heterocycles. The Balaban J connectivity index is 2.35. The van der Waals surface area contributed by atoms with Crippen LogP contribution in [0.5, 0.6) is 0 Å². The maximum absolute atomic E-state index is 13.2. The fourth-order valence-electron chi connectivity index (χ4n) is 1.88. The normalized spacial score (nSPS) is 12.3. The Hall–Kier alpha value is -1.12. The molecule has 0 saturated carbocycles. The second-order valence-corrected chi connectivity index (χ2v) is 6.77. The van der Waals surface area contributed by atoms with Crippen molar-refractivity contribution < 1.29 is 13.2 Å². The van der Waals surface area contributed by atoms with Crippen molar-refractivity contribution in [2.45, 2.75) is 13.1 Å². The molecule has 9 heteroatoms. The van der Waals surface area contributed by atoms with Crippen LogP contribution in [0, 0.1) is 6.92 Å². The third-order valence-corrected chi connectivity index (χ3v) is 4.99. The number of aryl methyl sites for hydroxylation is 1. The van der Waals surface area contributed by atoms with E-state index in [9.17, 15) is 13.2 Å². The number of halogens is 5. The summed E-state index contributed by atoms with van der Waals surface area (Å²) in [4.78, 5) is 4.83. The van der Waals surface area contributed by atoms with Gasteiger partial charge in [0, 0.05) is 0 Å². The highest BCUT2D eigenvalue weighted by molar-refractivity contribution is 9.10. The lowest BCUT2D eigenvalue weighted by atomic mass is 10.2. The number of hydrogen-bond donors (Lipinski definition) is 0. The van der Waals surface area contributed by atoms with E-state index >= 15 is 0 Å². The average molecular weight is 397 g/mol. The second kappa shape index (κ2) is 4.96. The van der Waals surface area contributed by atoms with E-state index in [1.54, 1.807) is 19.1 Å². The summed E-state index contributed by atoms with van der Waals surface area (Å²) in [6.45, 7) is 1.61. The Labute approximate surface area is 134 Å². The van der Waals surface area contributed by atoms with Crippen LogP contribution in [0.4, 0.5) is 13.2 Å². The van der Waals surface area contributed by atoms with Crippen LogP contribution in [-0.2, 0) is 6.18 Å².